The van der Waals surface area contributed by atoms with Gasteiger partial charge in [-0.1, -0.05) is 47.6 Å². The highest BCUT2D eigenvalue weighted by molar-refractivity contribution is 6.43. The summed E-state index contributed by atoms with van der Waals surface area (Å²) in [6, 6.07) is 16.5. The molecule has 2 N–H and O–H groups in total. The highest BCUT2D eigenvalue weighted by Gasteiger charge is 2.27. The SMILES string of the molecule is CCNC(=O)c1ccccc1NC(=O)C1=NO[C@@H](c2ccccc2)C1. The first-order valence-corrected chi connectivity index (χ1v) is 8.15. The zero-order chi connectivity index (χ0) is 17.6. The number of hydrogen-bond acceptors (Lipinski definition) is 4. The molecule has 1 heterocycles. The highest BCUT2D eigenvalue weighted by atomic mass is 16.6. The summed E-state index contributed by atoms with van der Waals surface area (Å²) in [7, 11) is 0. The van der Waals surface area contributed by atoms with Gasteiger partial charge in [-0.05, 0) is 24.6 Å². The minimum Gasteiger partial charge on any atom is -0.387 e. The molecule has 0 unspecified atom stereocenters. The molecule has 0 aliphatic carbocycles. The maximum Gasteiger partial charge on any atom is 0.273 e. The van der Waals surface area contributed by atoms with E-state index in [-0.39, 0.29) is 17.9 Å². The molecule has 0 spiro atoms. The lowest BCUT2D eigenvalue weighted by molar-refractivity contribution is -0.110. The average molecular weight is 337 g/mol. The van der Waals surface area contributed by atoms with E-state index in [0.29, 0.717) is 29.9 Å². The topological polar surface area (TPSA) is 79.8 Å². The average Bonchev–Trinajstić information content (AvgIpc) is 3.13. The van der Waals surface area contributed by atoms with Crippen LogP contribution in [0, 0.1) is 0 Å². The van der Waals surface area contributed by atoms with Crippen molar-refractivity contribution >= 4 is 23.2 Å². The molecule has 6 heteroatoms. The summed E-state index contributed by atoms with van der Waals surface area (Å²) in [6.45, 7) is 2.35. The van der Waals surface area contributed by atoms with E-state index in [1.807, 2.05) is 37.3 Å². The fourth-order valence-electron chi connectivity index (χ4n) is 2.60. The predicted molar refractivity (Wildman–Crippen MR) is 95.4 cm³/mol. The van der Waals surface area contributed by atoms with Gasteiger partial charge in [-0.25, -0.2) is 0 Å². The van der Waals surface area contributed by atoms with Crippen LogP contribution in [0.4, 0.5) is 5.69 Å². The quantitative estimate of drug-likeness (QED) is 0.880. The Morgan fingerprint density at radius 1 is 1.08 bits per heavy atom. The lowest BCUT2D eigenvalue weighted by Gasteiger charge is -2.10. The molecule has 2 aromatic rings. The number of carbonyl (C=O) groups excluding carboxylic acids is 2. The van der Waals surface area contributed by atoms with Crippen LogP contribution in [0.25, 0.3) is 0 Å². The van der Waals surface area contributed by atoms with Crippen LogP contribution in [0.3, 0.4) is 0 Å². The lowest BCUT2D eigenvalue weighted by atomic mass is 10.0. The standard InChI is InChI=1S/C19H19N3O3/c1-2-20-18(23)14-10-6-7-11-15(14)21-19(24)16-12-17(25-22-16)13-8-4-3-5-9-13/h3-11,17H,2,12H2,1H3,(H,20,23)(H,21,24)/t17-/m1/s1. The Kier molecular flexibility index (Phi) is 5.09. The van der Waals surface area contributed by atoms with E-state index in [2.05, 4.69) is 15.8 Å². The molecule has 0 saturated heterocycles. The van der Waals surface area contributed by atoms with Crippen molar-refractivity contribution in [3.05, 3.63) is 65.7 Å². The molecule has 0 fully saturated rings. The van der Waals surface area contributed by atoms with Gasteiger partial charge in [0.2, 0.25) is 0 Å². The van der Waals surface area contributed by atoms with Crippen LogP contribution in [-0.4, -0.2) is 24.1 Å². The third-order valence-electron chi connectivity index (χ3n) is 3.86. The molecule has 0 saturated carbocycles. The maximum absolute atomic E-state index is 12.5. The minimum atomic E-state index is -0.366. The molecule has 128 valence electrons. The Hall–Kier alpha value is -3.15. The first kappa shape index (κ1) is 16.7. The van der Waals surface area contributed by atoms with Gasteiger partial charge in [0, 0.05) is 13.0 Å². The Bertz CT molecular complexity index is 803. The summed E-state index contributed by atoms with van der Waals surface area (Å²) < 4.78 is 0. The van der Waals surface area contributed by atoms with E-state index in [1.54, 1.807) is 24.3 Å². The first-order chi connectivity index (χ1) is 12.2. The van der Waals surface area contributed by atoms with Crippen molar-refractivity contribution in [3.8, 4) is 0 Å². The second-order valence-corrected chi connectivity index (χ2v) is 5.61. The number of hydrogen-bond donors (Lipinski definition) is 2. The largest absolute Gasteiger partial charge is 0.387 e. The van der Waals surface area contributed by atoms with Gasteiger partial charge in [0.05, 0.1) is 11.3 Å². The predicted octanol–water partition coefficient (Wildman–Crippen LogP) is 2.89. The molecule has 25 heavy (non-hydrogen) atoms. The Labute approximate surface area is 145 Å². The van der Waals surface area contributed by atoms with Crippen LogP contribution in [0.2, 0.25) is 0 Å². The number of rotatable bonds is 5. The summed E-state index contributed by atoms with van der Waals surface area (Å²) in [5.41, 5.74) is 2.14. The summed E-state index contributed by atoms with van der Waals surface area (Å²) in [5, 5.41) is 9.39. The van der Waals surface area contributed by atoms with Gasteiger partial charge in [-0.3, -0.25) is 9.59 Å². The monoisotopic (exact) mass is 337 g/mol. The van der Waals surface area contributed by atoms with Gasteiger partial charge in [-0.15, -0.1) is 0 Å². The first-order valence-electron chi connectivity index (χ1n) is 8.15. The Balaban J connectivity index is 1.69. The summed E-state index contributed by atoms with van der Waals surface area (Å²) in [5.74, 6) is -0.597. The fourth-order valence-corrected chi connectivity index (χ4v) is 2.60. The van der Waals surface area contributed by atoms with Gasteiger partial charge in [-0.2, -0.15) is 0 Å². The van der Waals surface area contributed by atoms with E-state index in [9.17, 15) is 9.59 Å². The van der Waals surface area contributed by atoms with Crippen molar-refractivity contribution in [3.63, 3.8) is 0 Å². The molecule has 2 aromatic carbocycles. The molecule has 0 aromatic heterocycles. The van der Waals surface area contributed by atoms with E-state index in [1.165, 1.54) is 0 Å². The second kappa shape index (κ2) is 7.61. The molecule has 0 bridgehead atoms. The smallest absolute Gasteiger partial charge is 0.273 e. The molecule has 6 nitrogen and oxygen atoms in total. The van der Waals surface area contributed by atoms with Gasteiger partial charge >= 0.3 is 0 Å². The lowest BCUT2D eigenvalue weighted by Crippen LogP contribution is -2.27. The number of anilines is 1. The van der Waals surface area contributed by atoms with Crippen LogP contribution < -0.4 is 10.6 Å². The van der Waals surface area contributed by atoms with Crippen LogP contribution >= 0.6 is 0 Å². The molecule has 1 aliphatic heterocycles. The normalized spacial score (nSPS) is 15.9. The minimum absolute atomic E-state index is 0.231. The summed E-state index contributed by atoms with van der Waals surface area (Å²) in [6.07, 6.45) is 0.125. The fraction of sp³-hybridized carbons (Fsp3) is 0.211. The Morgan fingerprint density at radius 3 is 2.56 bits per heavy atom. The van der Waals surface area contributed by atoms with E-state index in [0.717, 1.165) is 5.56 Å². The molecule has 2 amide bonds. The zero-order valence-corrected chi connectivity index (χ0v) is 13.9. The molecule has 0 radical (unpaired) electrons. The molecular formula is C19H19N3O3. The van der Waals surface area contributed by atoms with Crippen LogP contribution in [0.15, 0.2) is 59.8 Å². The summed E-state index contributed by atoms with van der Waals surface area (Å²) in [4.78, 5) is 29.9. The molecule has 1 atom stereocenters. The Morgan fingerprint density at radius 2 is 1.80 bits per heavy atom. The van der Waals surface area contributed by atoms with Gasteiger partial charge in [0.25, 0.3) is 11.8 Å². The zero-order valence-electron chi connectivity index (χ0n) is 13.9. The summed E-state index contributed by atoms with van der Waals surface area (Å²) >= 11 is 0. The number of carbonyl (C=O) groups is 2. The number of amides is 2. The second-order valence-electron chi connectivity index (χ2n) is 5.61. The van der Waals surface area contributed by atoms with Crippen LogP contribution in [-0.2, 0) is 9.63 Å². The van der Waals surface area contributed by atoms with Crippen molar-refractivity contribution < 1.29 is 14.4 Å². The highest BCUT2D eigenvalue weighted by Crippen LogP contribution is 2.27. The van der Waals surface area contributed by atoms with E-state index in [4.69, 9.17) is 4.84 Å². The molecular weight excluding hydrogens is 318 g/mol. The van der Waals surface area contributed by atoms with Gasteiger partial charge in [0.15, 0.2) is 6.10 Å². The van der Waals surface area contributed by atoms with Gasteiger partial charge < -0.3 is 15.5 Å². The van der Waals surface area contributed by atoms with Crippen molar-refractivity contribution in [2.24, 2.45) is 5.16 Å². The third kappa shape index (κ3) is 3.85. The van der Waals surface area contributed by atoms with Crippen LogP contribution in [0.5, 0.6) is 0 Å². The van der Waals surface area contributed by atoms with E-state index >= 15 is 0 Å². The van der Waals surface area contributed by atoms with Gasteiger partial charge in [0.1, 0.15) is 5.71 Å². The van der Waals surface area contributed by atoms with Crippen molar-refractivity contribution in [2.75, 3.05) is 11.9 Å². The maximum atomic E-state index is 12.5. The number of benzene rings is 2. The van der Waals surface area contributed by atoms with Crippen molar-refractivity contribution in [1.82, 2.24) is 5.32 Å². The number of nitrogens with zero attached hydrogens (tertiary/aromatic N) is 1. The van der Waals surface area contributed by atoms with Crippen LogP contribution in [0.1, 0.15) is 35.4 Å². The van der Waals surface area contributed by atoms with Crippen molar-refractivity contribution in [1.29, 1.82) is 0 Å². The number of oxime groups is 1. The molecule has 3 rings (SSSR count). The van der Waals surface area contributed by atoms with Crippen molar-refractivity contribution in [2.45, 2.75) is 19.4 Å². The molecule has 1 aliphatic rings. The third-order valence-corrected chi connectivity index (χ3v) is 3.86. The van der Waals surface area contributed by atoms with E-state index < -0.39 is 0 Å². The number of nitrogens with one attached hydrogen (secondary N) is 2. The number of para-hydroxylation sites is 1.